The van der Waals surface area contributed by atoms with E-state index in [0.29, 0.717) is 5.82 Å². The van der Waals surface area contributed by atoms with Gasteiger partial charge in [-0.2, -0.15) is 0 Å². The van der Waals surface area contributed by atoms with E-state index in [9.17, 15) is 4.79 Å². The Kier molecular flexibility index (Phi) is 5.09. The number of benzene rings is 2. The number of carbonyl (C=O) groups excluding carboxylic acids is 1. The number of rotatable bonds is 6. The van der Waals surface area contributed by atoms with Gasteiger partial charge in [0.15, 0.2) is 0 Å². The van der Waals surface area contributed by atoms with Gasteiger partial charge in [0.2, 0.25) is 5.91 Å². The third-order valence-electron chi connectivity index (χ3n) is 5.16. The van der Waals surface area contributed by atoms with Gasteiger partial charge in [-0.1, -0.05) is 18.2 Å². The molecule has 0 aliphatic rings. The van der Waals surface area contributed by atoms with E-state index in [4.69, 9.17) is 0 Å². The molecule has 0 atom stereocenters. The molecule has 0 saturated heterocycles. The zero-order valence-electron chi connectivity index (χ0n) is 17.4. The van der Waals surface area contributed by atoms with E-state index < -0.39 is 0 Å². The van der Waals surface area contributed by atoms with Crippen LogP contribution in [0.2, 0.25) is 0 Å². The number of nitrogens with one attached hydrogen (secondary N) is 2. The van der Waals surface area contributed by atoms with Gasteiger partial charge in [-0.05, 0) is 48.7 Å². The number of aromatic nitrogens is 5. The Morgan fingerprint density at radius 2 is 1.75 bits per heavy atom. The first kappa shape index (κ1) is 19.5. The molecule has 3 heterocycles. The van der Waals surface area contributed by atoms with Crippen molar-refractivity contribution >= 4 is 34.0 Å². The Morgan fingerprint density at radius 3 is 2.56 bits per heavy atom. The fourth-order valence-electron chi connectivity index (χ4n) is 3.59. The lowest BCUT2D eigenvalue weighted by Crippen LogP contribution is -2.18. The fourth-order valence-corrected chi connectivity index (χ4v) is 3.59. The van der Waals surface area contributed by atoms with E-state index in [1.54, 1.807) is 6.20 Å². The maximum absolute atomic E-state index is 12.5. The number of imidazole rings is 1. The normalized spacial score (nSPS) is 10.9. The van der Waals surface area contributed by atoms with Gasteiger partial charge in [0.25, 0.3) is 0 Å². The molecule has 158 valence electrons. The molecule has 0 aliphatic carbocycles. The molecule has 0 unspecified atom stereocenters. The van der Waals surface area contributed by atoms with Crippen LogP contribution in [-0.4, -0.2) is 30.0 Å². The first-order valence-electron chi connectivity index (χ1n) is 10.2. The Hall–Kier alpha value is -4.46. The third-order valence-corrected chi connectivity index (χ3v) is 5.16. The number of aryl methyl sites for hydroxylation is 1. The summed E-state index contributed by atoms with van der Waals surface area (Å²) in [6, 6.07) is 19.4. The van der Waals surface area contributed by atoms with Gasteiger partial charge < -0.3 is 15.2 Å². The van der Waals surface area contributed by atoms with Crippen LogP contribution < -0.4 is 10.6 Å². The van der Waals surface area contributed by atoms with Crippen molar-refractivity contribution in [2.45, 2.75) is 13.5 Å². The lowest BCUT2D eigenvalue weighted by molar-refractivity contribution is -0.116. The summed E-state index contributed by atoms with van der Waals surface area (Å²) >= 11 is 0. The first-order valence-corrected chi connectivity index (χ1v) is 10.2. The van der Waals surface area contributed by atoms with E-state index in [1.807, 2.05) is 89.1 Å². The van der Waals surface area contributed by atoms with Crippen molar-refractivity contribution in [3.63, 3.8) is 0 Å². The topological polar surface area (TPSA) is 89.7 Å². The highest BCUT2D eigenvalue weighted by molar-refractivity contribution is 5.92. The highest BCUT2D eigenvalue weighted by atomic mass is 16.1. The van der Waals surface area contributed by atoms with Gasteiger partial charge in [0.05, 0.1) is 0 Å². The number of nitrogens with zero attached hydrogens (tertiary/aromatic N) is 5. The molecule has 8 heteroatoms. The summed E-state index contributed by atoms with van der Waals surface area (Å²) in [5, 5.41) is 7.32. The molecular formula is C24H21N7O. The van der Waals surface area contributed by atoms with E-state index in [-0.39, 0.29) is 12.5 Å². The summed E-state index contributed by atoms with van der Waals surface area (Å²) in [5.41, 5.74) is 2.62. The van der Waals surface area contributed by atoms with Gasteiger partial charge in [-0.25, -0.2) is 15.0 Å². The molecule has 5 rings (SSSR count). The molecule has 32 heavy (non-hydrogen) atoms. The molecular weight excluding hydrogens is 402 g/mol. The van der Waals surface area contributed by atoms with Crippen LogP contribution in [0.15, 0.2) is 85.6 Å². The highest BCUT2D eigenvalue weighted by Gasteiger charge is 2.08. The molecule has 2 N–H and O–H groups in total. The van der Waals surface area contributed by atoms with Crippen molar-refractivity contribution in [1.29, 1.82) is 0 Å². The predicted molar refractivity (Wildman–Crippen MR) is 124 cm³/mol. The quantitative estimate of drug-likeness (QED) is 0.425. The summed E-state index contributed by atoms with van der Waals surface area (Å²) in [6.07, 6.45) is 7.03. The number of carbonyl (C=O) groups is 1. The Labute approximate surface area is 184 Å². The van der Waals surface area contributed by atoms with Crippen molar-refractivity contribution in [3.05, 3.63) is 91.4 Å². The van der Waals surface area contributed by atoms with Crippen LogP contribution in [-0.2, 0) is 11.3 Å². The van der Waals surface area contributed by atoms with Crippen molar-refractivity contribution in [3.8, 4) is 5.82 Å². The molecule has 2 aromatic carbocycles. The zero-order chi connectivity index (χ0) is 21.9. The zero-order valence-corrected chi connectivity index (χ0v) is 17.4. The average Bonchev–Trinajstić information content (AvgIpc) is 3.42. The second-order valence-electron chi connectivity index (χ2n) is 7.36. The number of anilines is 3. The standard InChI is InChI=1S/C24H21N7O/c1-17-25-11-13-31(17)23-14-22(26-16-27-23)28-19-6-8-20(9-7-19)29-24(32)15-30-12-10-18-4-2-3-5-21(18)30/h2-14,16H,15H2,1H3,(H,29,32)(H,26,27,28). The lowest BCUT2D eigenvalue weighted by atomic mass is 10.2. The molecule has 0 spiro atoms. The fraction of sp³-hybridized carbons (Fsp3) is 0.0833. The molecule has 0 aliphatic heterocycles. The summed E-state index contributed by atoms with van der Waals surface area (Å²) in [5.74, 6) is 2.17. The molecule has 1 amide bonds. The minimum Gasteiger partial charge on any atom is -0.340 e. The molecule has 0 fully saturated rings. The van der Waals surface area contributed by atoms with Crippen LogP contribution in [0.5, 0.6) is 0 Å². The number of para-hydroxylation sites is 1. The van der Waals surface area contributed by atoms with Crippen LogP contribution in [0.3, 0.4) is 0 Å². The number of amides is 1. The maximum atomic E-state index is 12.5. The van der Waals surface area contributed by atoms with Crippen molar-refractivity contribution in [1.82, 2.24) is 24.1 Å². The Bertz CT molecular complexity index is 1390. The summed E-state index contributed by atoms with van der Waals surface area (Å²) in [4.78, 5) is 25.3. The SMILES string of the molecule is Cc1nccn1-c1cc(Nc2ccc(NC(=O)Cn3ccc4ccccc43)cc2)ncn1. The van der Waals surface area contributed by atoms with Crippen LogP contribution in [0.25, 0.3) is 16.7 Å². The van der Waals surface area contributed by atoms with Gasteiger partial charge in [-0.15, -0.1) is 0 Å². The minimum atomic E-state index is -0.0804. The largest absolute Gasteiger partial charge is 0.340 e. The second-order valence-corrected chi connectivity index (χ2v) is 7.36. The molecule has 3 aromatic heterocycles. The lowest BCUT2D eigenvalue weighted by Gasteiger charge is -2.10. The molecule has 8 nitrogen and oxygen atoms in total. The van der Waals surface area contributed by atoms with E-state index >= 15 is 0 Å². The van der Waals surface area contributed by atoms with Gasteiger partial charge >= 0.3 is 0 Å². The van der Waals surface area contributed by atoms with E-state index in [0.717, 1.165) is 33.9 Å². The van der Waals surface area contributed by atoms with Crippen LogP contribution in [0.1, 0.15) is 5.82 Å². The van der Waals surface area contributed by atoms with Crippen molar-refractivity contribution < 1.29 is 4.79 Å². The van der Waals surface area contributed by atoms with Gasteiger partial charge in [0.1, 0.15) is 30.3 Å². The Balaban J connectivity index is 1.24. The Morgan fingerprint density at radius 1 is 0.938 bits per heavy atom. The third kappa shape index (κ3) is 4.06. The van der Waals surface area contributed by atoms with E-state index in [1.165, 1.54) is 6.33 Å². The van der Waals surface area contributed by atoms with Crippen LogP contribution in [0, 0.1) is 6.92 Å². The van der Waals surface area contributed by atoms with E-state index in [2.05, 4.69) is 25.6 Å². The van der Waals surface area contributed by atoms with Gasteiger partial charge in [0, 0.05) is 41.5 Å². The summed E-state index contributed by atoms with van der Waals surface area (Å²) in [6.45, 7) is 2.17. The molecule has 0 radical (unpaired) electrons. The van der Waals surface area contributed by atoms with Crippen molar-refractivity contribution in [2.24, 2.45) is 0 Å². The maximum Gasteiger partial charge on any atom is 0.244 e. The highest BCUT2D eigenvalue weighted by Crippen LogP contribution is 2.20. The summed E-state index contributed by atoms with van der Waals surface area (Å²) < 4.78 is 3.83. The summed E-state index contributed by atoms with van der Waals surface area (Å²) in [7, 11) is 0. The predicted octanol–water partition coefficient (Wildman–Crippen LogP) is 4.31. The number of hydrogen-bond donors (Lipinski definition) is 2. The molecule has 0 bridgehead atoms. The molecule has 0 saturated carbocycles. The first-order chi connectivity index (χ1) is 15.7. The van der Waals surface area contributed by atoms with Crippen LogP contribution in [0.4, 0.5) is 17.2 Å². The number of fused-ring (bicyclic) bond motifs is 1. The van der Waals surface area contributed by atoms with Crippen molar-refractivity contribution in [2.75, 3.05) is 10.6 Å². The smallest absolute Gasteiger partial charge is 0.244 e. The second kappa shape index (κ2) is 8.35. The monoisotopic (exact) mass is 423 g/mol. The molecule has 5 aromatic rings. The minimum absolute atomic E-state index is 0.0804. The van der Waals surface area contributed by atoms with Gasteiger partial charge in [-0.3, -0.25) is 9.36 Å². The average molecular weight is 423 g/mol. The number of hydrogen-bond acceptors (Lipinski definition) is 5. The van der Waals surface area contributed by atoms with Crippen LogP contribution >= 0.6 is 0 Å².